The molecule has 1 N–H and O–H groups in total. The summed E-state index contributed by atoms with van der Waals surface area (Å²) in [5.41, 5.74) is 0. The Bertz CT molecular complexity index is 350. The molecule has 1 aromatic heterocycles. The van der Waals surface area contributed by atoms with Crippen molar-refractivity contribution in [2.45, 2.75) is 54.0 Å². The van der Waals surface area contributed by atoms with Crippen molar-refractivity contribution in [1.82, 2.24) is 5.32 Å². The lowest BCUT2D eigenvalue weighted by atomic mass is 9.96. The molecule has 0 bridgehead atoms. The van der Waals surface area contributed by atoms with E-state index in [9.17, 15) is 4.21 Å². The van der Waals surface area contributed by atoms with E-state index in [0.29, 0.717) is 11.3 Å². The quantitative estimate of drug-likeness (QED) is 0.915. The molecule has 1 heterocycles. The van der Waals surface area contributed by atoms with Gasteiger partial charge in [0, 0.05) is 6.04 Å². The third-order valence-corrected chi connectivity index (χ3v) is 6.63. The van der Waals surface area contributed by atoms with Gasteiger partial charge in [-0.05, 0) is 31.3 Å². The topological polar surface area (TPSA) is 29.1 Å². The zero-order valence-electron chi connectivity index (χ0n) is 10.4. The molecule has 1 fully saturated rings. The highest BCUT2D eigenvalue weighted by Crippen LogP contribution is 2.26. The Kier molecular flexibility index (Phi) is 5.19. The summed E-state index contributed by atoms with van der Waals surface area (Å²) >= 11 is 1.62. The molecule has 0 radical (unpaired) electrons. The van der Waals surface area contributed by atoms with Gasteiger partial charge in [-0.2, -0.15) is 0 Å². The van der Waals surface area contributed by atoms with E-state index in [0.717, 1.165) is 17.1 Å². The van der Waals surface area contributed by atoms with E-state index < -0.39 is 10.8 Å². The molecule has 0 aromatic carbocycles. The summed E-state index contributed by atoms with van der Waals surface area (Å²) in [6.07, 6.45) is 7.38. The van der Waals surface area contributed by atoms with Crippen molar-refractivity contribution in [2.75, 3.05) is 7.05 Å². The monoisotopic (exact) mass is 271 g/mol. The molecule has 2 nitrogen and oxygen atoms in total. The highest BCUT2D eigenvalue weighted by Gasteiger charge is 2.27. The molecule has 0 aliphatic heterocycles. The lowest BCUT2D eigenvalue weighted by molar-refractivity contribution is 0.414. The van der Waals surface area contributed by atoms with Crippen molar-refractivity contribution < 1.29 is 4.21 Å². The van der Waals surface area contributed by atoms with Gasteiger partial charge in [-0.3, -0.25) is 4.21 Å². The Morgan fingerprint density at radius 3 is 2.71 bits per heavy atom. The van der Waals surface area contributed by atoms with Crippen LogP contribution in [0.2, 0.25) is 0 Å². The first-order valence-corrected chi connectivity index (χ1v) is 8.53. The Morgan fingerprint density at radius 1 is 1.29 bits per heavy atom. The first kappa shape index (κ1) is 13.2. The Labute approximate surface area is 110 Å². The van der Waals surface area contributed by atoms with E-state index in [-0.39, 0.29) is 0 Å². The third-order valence-electron chi connectivity index (χ3n) is 3.54. The van der Waals surface area contributed by atoms with Gasteiger partial charge < -0.3 is 5.32 Å². The zero-order valence-corrected chi connectivity index (χ0v) is 12.0. The van der Waals surface area contributed by atoms with E-state index >= 15 is 0 Å². The van der Waals surface area contributed by atoms with Crippen LogP contribution >= 0.6 is 11.3 Å². The minimum Gasteiger partial charge on any atom is -0.316 e. The van der Waals surface area contributed by atoms with Crippen LogP contribution in [-0.4, -0.2) is 22.5 Å². The van der Waals surface area contributed by atoms with Crippen LogP contribution in [0, 0.1) is 0 Å². The summed E-state index contributed by atoms with van der Waals surface area (Å²) in [6, 6.07) is 4.42. The van der Waals surface area contributed by atoms with Crippen LogP contribution in [0.15, 0.2) is 21.7 Å². The fraction of sp³-hybridized carbons (Fsp3) is 0.692. The van der Waals surface area contributed by atoms with Crippen molar-refractivity contribution >= 4 is 22.1 Å². The molecule has 17 heavy (non-hydrogen) atoms. The predicted octanol–water partition coefficient (Wildman–Crippen LogP) is 3.17. The van der Waals surface area contributed by atoms with Crippen molar-refractivity contribution in [1.29, 1.82) is 0 Å². The molecule has 3 atom stereocenters. The maximum atomic E-state index is 12.6. The van der Waals surface area contributed by atoms with Crippen molar-refractivity contribution in [3.05, 3.63) is 17.5 Å². The van der Waals surface area contributed by atoms with Crippen LogP contribution in [0.3, 0.4) is 0 Å². The molecular weight excluding hydrogens is 250 g/mol. The molecular formula is C13H21NOS2. The molecule has 0 saturated heterocycles. The maximum absolute atomic E-state index is 12.6. The predicted molar refractivity (Wildman–Crippen MR) is 75.1 cm³/mol. The van der Waals surface area contributed by atoms with Crippen molar-refractivity contribution in [3.63, 3.8) is 0 Å². The molecule has 2 rings (SSSR count). The average Bonchev–Trinajstić information content (AvgIpc) is 2.82. The fourth-order valence-corrected chi connectivity index (χ4v) is 5.39. The highest BCUT2D eigenvalue weighted by molar-refractivity contribution is 7.88. The maximum Gasteiger partial charge on any atom is 0.0914 e. The molecule has 3 unspecified atom stereocenters. The number of hydrogen-bond donors (Lipinski definition) is 1. The van der Waals surface area contributed by atoms with Gasteiger partial charge in [-0.15, -0.1) is 11.3 Å². The van der Waals surface area contributed by atoms with Crippen molar-refractivity contribution in [3.8, 4) is 0 Å². The second kappa shape index (κ2) is 6.66. The molecule has 1 saturated carbocycles. The smallest absolute Gasteiger partial charge is 0.0914 e. The molecule has 1 aliphatic rings. The Hall–Kier alpha value is -0.190. The number of nitrogens with one attached hydrogen (secondary N) is 1. The molecule has 0 amide bonds. The number of thiophene rings is 1. The zero-order chi connectivity index (χ0) is 12.1. The SMILES string of the molecule is CNC1CCCCCCC1S(=O)c1cccs1. The van der Waals surface area contributed by atoms with Crippen molar-refractivity contribution in [2.24, 2.45) is 0 Å². The van der Waals surface area contributed by atoms with Gasteiger partial charge >= 0.3 is 0 Å². The molecule has 96 valence electrons. The molecule has 4 heteroatoms. The van der Waals surface area contributed by atoms with Gasteiger partial charge in [-0.1, -0.05) is 31.7 Å². The molecule has 1 aliphatic carbocycles. The van der Waals surface area contributed by atoms with Gasteiger partial charge in [0.05, 0.1) is 20.3 Å². The van der Waals surface area contributed by atoms with Crippen LogP contribution in [0.1, 0.15) is 38.5 Å². The van der Waals surface area contributed by atoms with Crippen LogP contribution in [0.25, 0.3) is 0 Å². The standard InChI is InChI=1S/C13H21NOS2/c1-14-11-7-4-2-3-5-8-12(11)17(15)13-9-6-10-16-13/h6,9-12,14H,2-5,7-8H2,1H3. The van der Waals surface area contributed by atoms with Gasteiger partial charge in [0.1, 0.15) is 0 Å². The van der Waals surface area contributed by atoms with E-state index in [1.807, 2.05) is 24.6 Å². The minimum absolute atomic E-state index is 0.291. The fourth-order valence-electron chi connectivity index (χ4n) is 2.56. The van der Waals surface area contributed by atoms with E-state index in [4.69, 9.17) is 0 Å². The second-order valence-corrected chi connectivity index (χ2v) is 7.50. The minimum atomic E-state index is -0.831. The number of rotatable bonds is 3. The van der Waals surface area contributed by atoms with Gasteiger partial charge in [0.15, 0.2) is 0 Å². The van der Waals surface area contributed by atoms with Gasteiger partial charge in [0.25, 0.3) is 0 Å². The highest BCUT2D eigenvalue weighted by atomic mass is 32.2. The van der Waals surface area contributed by atoms with Crippen LogP contribution in [0.4, 0.5) is 0 Å². The lowest BCUT2D eigenvalue weighted by Crippen LogP contribution is -2.40. The summed E-state index contributed by atoms with van der Waals surface area (Å²) in [5, 5.41) is 5.69. The van der Waals surface area contributed by atoms with Crippen LogP contribution < -0.4 is 5.32 Å². The van der Waals surface area contributed by atoms with Crippen LogP contribution in [-0.2, 0) is 10.8 Å². The van der Waals surface area contributed by atoms with Gasteiger partial charge in [0.2, 0.25) is 0 Å². The summed E-state index contributed by atoms with van der Waals surface area (Å²) in [5.74, 6) is 0. The summed E-state index contributed by atoms with van der Waals surface area (Å²) in [6.45, 7) is 0. The Morgan fingerprint density at radius 2 is 2.06 bits per heavy atom. The second-order valence-electron chi connectivity index (χ2n) is 4.65. The normalized spacial score (nSPS) is 28.3. The Balaban J connectivity index is 2.11. The lowest BCUT2D eigenvalue weighted by Gasteiger charge is -2.28. The third kappa shape index (κ3) is 3.39. The number of hydrogen-bond acceptors (Lipinski definition) is 3. The van der Waals surface area contributed by atoms with E-state index in [1.165, 1.54) is 25.7 Å². The first-order valence-electron chi connectivity index (χ1n) is 6.44. The molecule has 1 aromatic rings. The average molecular weight is 271 g/mol. The first-order chi connectivity index (χ1) is 8.33. The summed E-state index contributed by atoms with van der Waals surface area (Å²) in [7, 11) is 1.17. The van der Waals surface area contributed by atoms with Gasteiger partial charge in [-0.25, -0.2) is 0 Å². The largest absolute Gasteiger partial charge is 0.316 e. The molecule has 0 spiro atoms. The summed E-state index contributed by atoms with van der Waals surface area (Å²) < 4.78 is 13.6. The van der Waals surface area contributed by atoms with E-state index in [1.54, 1.807) is 11.3 Å². The summed E-state index contributed by atoms with van der Waals surface area (Å²) in [4.78, 5) is 0. The van der Waals surface area contributed by atoms with Crippen LogP contribution in [0.5, 0.6) is 0 Å². The van der Waals surface area contributed by atoms with E-state index in [2.05, 4.69) is 5.32 Å².